The molecular formula is C10H3ClF4N4. The molecule has 0 unspecified atom stereocenters. The van der Waals surface area contributed by atoms with Crippen LogP contribution >= 0.6 is 11.6 Å². The third kappa shape index (κ3) is 3.57. The molecule has 0 bridgehead atoms. The third-order valence-electron chi connectivity index (χ3n) is 1.84. The Bertz CT molecular complexity index is 594. The predicted octanol–water partition coefficient (Wildman–Crippen LogP) is 3.31. The number of hydrogen-bond donors (Lipinski definition) is 1. The number of halogens is 5. The molecular weight excluding hydrogens is 288 g/mol. The summed E-state index contributed by atoms with van der Waals surface area (Å²) in [5.41, 5.74) is -0.595. The molecule has 98 valence electrons. The van der Waals surface area contributed by atoms with Crippen molar-refractivity contribution in [3.8, 4) is 12.1 Å². The number of hydrogen-bond acceptors (Lipinski definition) is 4. The molecule has 0 atom stereocenters. The molecule has 0 fully saturated rings. The van der Waals surface area contributed by atoms with Gasteiger partial charge in [-0.3, -0.25) is 5.43 Å². The number of anilines is 1. The van der Waals surface area contributed by atoms with E-state index in [4.69, 9.17) is 22.1 Å². The fourth-order valence-electron chi connectivity index (χ4n) is 1.07. The molecule has 1 aromatic carbocycles. The molecule has 0 aliphatic rings. The van der Waals surface area contributed by atoms with Gasteiger partial charge in [0.25, 0.3) is 0 Å². The number of nitriles is 2. The number of nitrogens with zero attached hydrogens (tertiary/aromatic N) is 3. The van der Waals surface area contributed by atoms with E-state index in [9.17, 15) is 17.6 Å². The van der Waals surface area contributed by atoms with Crippen molar-refractivity contribution in [3.63, 3.8) is 0 Å². The lowest BCUT2D eigenvalue weighted by molar-refractivity contribution is -0.137. The molecule has 0 aromatic heterocycles. The van der Waals surface area contributed by atoms with Crippen molar-refractivity contribution in [2.75, 3.05) is 5.43 Å². The summed E-state index contributed by atoms with van der Waals surface area (Å²) >= 11 is 5.45. The van der Waals surface area contributed by atoms with Gasteiger partial charge in [-0.05, 0) is 6.07 Å². The molecule has 0 radical (unpaired) electrons. The fraction of sp³-hybridized carbons (Fsp3) is 0.100. The highest BCUT2D eigenvalue weighted by molar-refractivity contribution is 6.34. The lowest BCUT2D eigenvalue weighted by Crippen LogP contribution is -2.08. The zero-order chi connectivity index (χ0) is 14.6. The van der Waals surface area contributed by atoms with Gasteiger partial charge < -0.3 is 0 Å². The first-order chi connectivity index (χ1) is 8.79. The summed E-state index contributed by atoms with van der Waals surface area (Å²) in [5, 5.41) is 19.1. The first kappa shape index (κ1) is 14.7. The van der Waals surface area contributed by atoms with E-state index in [-0.39, 0.29) is 6.07 Å². The second kappa shape index (κ2) is 5.55. The van der Waals surface area contributed by atoms with Crippen molar-refractivity contribution in [1.29, 1.82) is 10.5 Å². The van der Waals surface area contributed by atoms with Crippen LogP contribution in [0, 0.1) is 28.5 Å². The first-order valence-electron chi connectivity index (χ1n) is 4.49. The summed E-state index contributed by atoms with van der Waals surface area (Å²) in [7, 11) is 0. The maximum absolute atomic E-state index is 13.0. The number of rotatable bonds is 2. The van der Waals surface area contributed by atoms with Crippen molar-refractivity contribution >= 4 is 23.0 Å². The molecule has 0 saturated heterocycles. The van der Waals surface area contributed by atoms with E-state index in [2.05, 4.69) is 5.10 Å². The number of hydrazone groups is 1. The van der Waals surface area contributed by atoms with Crippen LogP contribution in [-0.4, -0.2) is 5.71 Å². The quantitative estimate of drug-likeness (QED) is 0.516. The smallest absolute Gasteiger partial charge is 0.275 e. The van der Waals surface area contributed by atoms with E-state index in [0.717, 1.165) is 0 Å². The van der Waals surface area contributed by atoms with Gasteiger partial charge in [-0.15, -0.1) is 0 Å². The van der Waals surface area contributed by atoms with Gasteiger partial charge in [0.05, 0.1) is 16.3 Å². The molecule has 19 heavy (non-hydrogen) atoms. The Morgan fingerprint density at radius 3 is 2.32 bits per heavy atom. The van der Waals surface area contributed by atoms with Gasteiger partial charge in [-0.1, -0.05) is 11.6 Å². The van der Waals surface area contributed by atoms with Crippen LogP contribution < -0.4 is 5.43 Å². The summed E-state index contributed by atoms with van der Waals surface area (Å²) < 4.78 is 50.6. The second-order valence-corrected chi connectivity index (χ2v) is 3.49. The normalized spacial score (nSPS) is 10.3. The minimum absolute atomic E-state index is 0.229. The molecule has 0 aliphatic heterocycles. The maximum Gasteiger partial charge on any atom is 0.418 e. The molecule has 4 nitrogen and oxygen atoms in total. The van der Waals surface area contributed by atoms with Crippen LogP contribution in [0.3, 0.4) is 0 Å². The summed E-state index contributed by atoms with van der Waals surface area (Å²) in [5.74, 6) is -1.19. The van der Waals surface area contributed by atoms with Gasteiger partial charge in [0.1, 0.15) is 18.0 Å². The number of nitrogens with one attached hydrogen (secondary N) is 1. The summed E-state index contributed by atoms with van der Waals surface area (Å²) in [6.07, 6.45) is -4.84. The van der Waals surface area contributed by atoms with Crippen LogP contribution in [0.5, 0.6) is 0 Å². The van der Waals surface area contributed by atoms with Crippen LogP contribution in [0.4, 0.5) is 23.2 Å². The van der Waals surface area contributed by atoms with Gasteiger partial charge in [-0.2, -0.15) is 28.8 Å². The van der Waals surface area contributed by atoms with Gasteiger partial charge in [-0.25, -0.2) is 4.39 Å². The lowest BCUT2D eigenvalue weighted by Gasteiger charge is -2.12. The average Bonchev–Trinajstić information content (AvgIpc) is 2.32. The molecule has 1 N–H and O–H groups in total. The standard InChI is InChI=1S/C10H3ClF4N4/c11-9-7(10(13,14)15)1-5(12)2-8(9)19-18-6(3-16)4-17/h1-2,19H. The summed E-state index contributed by atoms with van der Waals surface area (Å²) in [6.45, 7) is 0. The summed E-state index contributed by atoms with van der Waals surface area (Å²) in [6, 6.07) is 3.63. The van der Waals surface area contributed by atoms with Crippen molar-refractivity contribution in [3.05, 3.63) is 28.5 Å². The Balaban J connectivity index is 3.25. The highest BCUT2D eigenvalue weighted by atomic mass is 35.5. The zero-order valence-electron chi connectivity index (χ0n) is 8.89. The Morgan fingerprint density at radius 1 is 1.26 bits per heavy atom. The Morgan fingerprint density at radius 2 is 1.84 bits per heavy atom. The van der Waals surface area contributed by atoms with E-state index in [1.54, 1.807) is 0 Å². The Kier molecular flexibility index (Phi) is 4.30. The van der Waals surface area contributed by atoms with Gasteiger partial charge in [0, 0.05) is 6.07 Å². The molecule has 9 heteroatoms. The van der Waals surface area contributed by atoms with E-state index < -0.39 is 34.0 Å². The van der Waals surface area contributed by atoms with Crippen LogP contribution in [0.25, 0.3) is 0 Å². The van der Waals surface area contributed by atoms with E-state index in [0.29, 0.717) is 6.07 Å². The molecule has 0 amide bonds. The molecule has 0 spiro atoms. The molecule has 1 rings (SSSR count). The lowest BCUT2D eigenvalue weighted by atomic mass is 10.2. The van der Waals surface area contributed by atoms with Gasteiger partial charge in [0.15, 0.2) is 0 Å². The minimum Gasteiger partial charge on any atom is -0.275 e. The monoisotopic (exact) mass is 290 g/mol. The zero-order valence-corrected chi connectivity index (χ0v) is 9.64. The van der Waals surface area contributed by atoms with Crippen LogP contribution in [0.15, 0.2) is 17.2 Å². The molecule has 0 saturated carbocycles. The number of benzene rings is 1. The molecule has 0 heterocycles. The minimum atomic E-state index is -4.84. The Labute approximate surface area is 109 Å². The highest BCUT2D eigenvalue weighted by Gasteiger charge is 2.35. The van der Waals surface area contributed by atoms with Crippen LogP contribution in [0.2, 0.25) is 5.02 Å². The summed E-state index contributed by atoms with van der Waals surface area (Å²) in [4.78, 5) is 0. The average molecular weight is 291 g/mol. The van der Waals surface area contributed by atoms with E-state index in [1.165, 1.54) is 12.1 Å². The van der Waals surface area contributed by atoms with Gasteiger partial charge in [0.2, 0.25) is 5.71 Å². The third-order valence-corrected chi connectivity index (χ3v) is 2.25. The first-order valence-corrected chi connectivity index (χ1v) is 4.87. The van der Waals surface area contributed by atoms with Crippen LogP contribution in [-0.2, 0) is 6.18 Å². The number of alkyl halides is 3. The molecule has 0 aliphatic carbocycles. The maximum atomic E-state index is 13.0. The van der Waals surface area contributed by atoms with Crippen LogP contribution in [0.1, 0.15) is 5.56 Å². The van der Waals surface area contributed by atoms with Crippen molar-refractivity contribution in [2.45, 2.75) is 6.18 Å². The fourth-order valence-corrected chi connectivity index (χ4v) is 1.33. The van der Waals surface area contributed by atoms with Gasteiger partial charge >= 0.3 is 6.18 Å². The van der Waals surface area contributed by atoms with Crippen molar-refractivity contribution in [2.24, 2.45) is 5.10 Å². The Hall–Kier alpha value is -2.32. The van der Waals surface area contributed by atoms with E-state index >= 15 is 0 Å². The topological polar surface area (TPSA) is 72.0 Å². The SMILES string of the molecule is N#CC(C#N)=NNc1cc(F)cc(C(F)(F)F)c1Cl. The highest BCUT2D eigenvalue weighted by Crippen LogP contribution is 2.38. The largest absolute Gasteiger partial charge is 0.418 e. The van der Waals surface area contributed by atoms with Crippen molar-refractivity contribution in [1.82, 2.24) is 0 Å². The second-order valence-electron chi connectivity index (χ2n) is 3.11. The molecule has 1 aromatic rings. The predicted molar refractivity (Wildman–Crippen MR) is 58.7 cm³/mol. The van der Waals surface area contributed by atoms with Crippen molar-refractivity contribution < 1.29 is 17.6 Å². The van der Waals surface area contributed by atoms with E-state index in [1.807, 2.05) is 5.43 Å².